The lowest BCUT2D eigenvalue weighted by atomic mass is 10.1. The van der Waals surface area contributed by atoms with Crippen LogP contribution in [-0.2, 0) is 4.74 Å². The summed E-state index contributed by atoms with van der Waals surface area (Å²) in [5.41, 5.74) is 4.66. The van der Waals surface area contributed by atoms with Crippen LogP contribution in [0.5, 0.6) is 0 Å². The number of hydrogen-bond donors (Lipinski definition) is 2. The molecule has 0 fully saturated rings. The molecular formula is C13H27F2N3O2. The fourth-order valence-electron chi connectivity index (χ4n) is 1.50. The Labute approximate surface area is 120 Å². The predicted molar refractivity (Wildman–Crippen MR) is 74.7 cm³/mol. The number of nitrogens with one attached hydrogen (secondary N) is 2. The summed E-state index contributed by atoms with van der Waals surface area (Å²) in [7, 11) is 3.18. The van der Waals surface area contributed by atoms with E-state index < -0.39 is 17.6 Å². The van der Waals surface area contributed by atoms with E-state index in [4.69, 9.17) is 4.74 Å². The molecule has 0 bridgehead atoms. The molecule has 0 heterocycles. The first-order chi connectivity index (χ1) is 9.07. The molecule has 0 saturated heterocycles. The third kappa shape index (κ3) is 9.91. The minimum Gasteiger partial charge on any atom is -0.444 e. The van der Waals surface area contributed by atoms with E-state index in [0.29, 0.717) is 0 Å². The Morgan fingerprint density at radius 3 is 2.35 bits per heavy atom. The van der Waals surface area contributed by atoms with Crippen LogP contribution in [0.3, 0.4) is 0 Å². The lowest BCUT2D eigenvalue weighted by molar-refractivity contribution is -0.0207. The van der Waals surface area contributed by atoms with Crippen molar-refractivity contribution in [2.45, 2.75) is 51.6 Å². The molecule has 0 rings (SSSR count). The molecule has 0 aliphatic heterocycles. The predicted octanol–water partition coefficient (Wildman–Crippen LogP) is 2.38. The molecule has 0 aromatic heterocycles. The summed E-state index contributed by atoms with van der Waals surface area (Å²) < 4.78 is 32.1. The molecule has 2 N–H and O–H groups in total. The number of halogens is 2. The van der Waals surface area contributed by atoms with Gasteiger partial charge in [0.1, 0.15) is 5.60 Å². The van der Waals surface area contributed by atoms with Gasteiger partial charge in [-0.15, -0.1) is 0 Å². The third-order valence-corrected chi connectivity index (χ3v) is 2.53. The number of nitrogens with zero attached hydrogens (tertiary/aromatic N) is 1. The van der Waals surface area contributed by atoms with Crippen LogP contribution in [0.2, 0.25) is 0 Å². The Morgan fingerprint density at radius 2 is 1.85 bits per heavy atom. The highest BCUT2D eigenvalue weighted by molar-refractivity contribution is 5.67. The average molecular weight is 295 g/mol. The number of carbonyl (C=O) groups is 1. The van der Waals surface area contributed by atoms with Gasteiger partial charge >= 0.3 is 6.09 Å². The number of hydrazine groups is 1. The Morgan fingerprint density at radius 1 is 1.25 bits per heavy atom. The third-order valence-electron chi connectivity index (χ3n) is 2.53. The van der Waals surface area contributed by atoms with Gasteiger partial charge in [-0.3, -0.25) is 10.9 Å². The highest BCUT2D eigenvalue weighted by Crippen LogP contribution is 2.24. The van der Waals surface area contributed by atoms with Crippen molar-refractivity contribution < 1.29 is 18.3 Å². The number of carbonyl (C=O) groups excluding carboxylic acids is 1. The fourth-order valence-corrected chi connectivity index (χ4v) is 1.50. The first kappa shape index (κ1) is 19.1. The molecule has 5 nitrogen and oxygen atoms in total. The Kier molecular flexibility index (Phi) is 7.96. The van der Waals surface area contributed by atoms with E-state index in [2.05, 4.69) is 10.9 Å². The molecular weight excluding hydrogens is 268 g/mol. The molecule has 1 amide bonds. The summed E-state index contributed by atoms with van der Waals surface area (Å²) in [6, 6.07) is 0. The zero-order valence-electron chi connectivity index (χ0n) is 13.1. The van der Waals surface area contributed by atoms with Crippen LogP contribution < -0.4 is 10.9 Å². The standard InChI is InChI=1S/C13H27F2N3O2/c1-12(2,3)20-11(19)18(5)10-6-7-13(14,15)8-9-17-16-4/h16-17H,6-10H2,1-5H3. The summed E-state index contributed by atoms with van der Waals surface area (Å²) in [4.78, 5) is 12.9. The summed E-state index contributed by atoms with van der Waals surface area (Å²) in [6.07, 6.45) is -0.727. The molecule has 0 aliphatic carbocycles. The maximum atomic E-state index is 13.5. The van der Waals surface area contributed by atoms with Gasteiger partial charge in [0.15, 0.2) is 0 Å². The van der Waals surface area contributed by atoms with Gasteiger partial charge < -0.3 is 9.64 Å². The Hall–Kier alpha value is -0.950. The van der Waals surface area contributed by atoms with Crippen LogP contribution in [0.25, 0.3) is 0 Å². The van der Waals surface area contributed by atoms with Crippen molar-refractivity contribution in [1.82, 2.24) is 15.8 Å². The molecule has 0 aromatic carbocycles. The number of hydrogen-bond acceptors (Lipinski definition) is 4. The number of alkyl halides is 2. The molecule has 0 aromatic rings. The van der Waals surface area contributed by atoms with Gasteiger partial charge in [-0.1, -0.05) is 0 Å². The minimum atomic E-state index is -2.72. The van der Waals surface area contributed by atoms with Crippen molar-refractivity contribution in [2.75, 3.05) is 27.2 Å². The molecule has 0 unspecified atom stereocenters. The van der Waals surface area contributed by atoms with Crippen molar-refractivity contribution in [3.63, 3.8) is 0 Å². The van der Waals surface area contributed by atoms with Crippen LogP contribution in [0.15, 0.2) is 0 Å². The van der Waals surface area contributed by atoms with Crippen LogP contribution in [-0.4, -0.2) is 49.7 Å². The quantitative estimate of drug-likeness (QED) is 0.533. The number of rotatable bonds is 8. The van der Waals surface area contributed by atoms with E-state index in [1.54, 1.807) is 34.9 Å². The Balaban J connectivity index is 3.95. The second-order valence-electron chi connectivity index (χ2n) is 5.79. The summed E-state index contributed by atoms with van der Waals surface area (Å²) in [6.45, 7) is 5.75. The highest BCUT2D eigenvalue weighted by Gasteiger charge is 2.28. The largest absolute Gasteiger partial charge is 0.444 e. The zero-order chi connectivity index (χ0) is 15.8. The molecule has 7 heteroatoms. The van der Waals surface area contributed by atoms with E-state index >= 15 is 0 Å². The summed E-state index contributed by atoms with van der Waals surface area (Å²) in [5.74, 6) is -2.72. The van der Waals surface area contributed by atoms with E-state index in [9.17, 15) is 13.6 Å². The molecule has 20 heavy (non-hydrogen) atoms. The second kappa shape index (κ2) is 8.36. The van der Waals surface area contributed by atoms with Gasteiger partial charge in [-0.25, -0.2) is 13.6 Å². The van der Waals surface area contributed by atoms with Crippen molar-refractivity contribution in [3.05, 3.63) is 0 Å². The first-order valence-corrected chi connectivity index (χ1v) is 6.79. The molecule has 0 radical (unpaired) electrons. The molecule has 0 atom stereocenters. The Bertz CT molecular complexity index is 294. The molecule has 0 aliphatic rings. The van der Waals surface area contributed by atoms with E-state index in [1.807, 2.05) is 0 Å². The van der Waals surface area contributed by atoms with Gasteiger partial charge in [-0.2, -0.15) is 0 Å². The van der Waals surface area contributed by atoms with Gasteiger partial charge in [0.05, 0.1) is 0 Å². The highest BCUT2D eigenvalue weighted by atomic mass is 19.3. The SMILES string of the molecule is CNNCCC(F)(F)CCCN(C)C(=O)OC(C)(C)C. The summed E-state index contributed by atoms with van der Waals surface area (Å²) in [5, 5.41) is 0. The lowest BCUT2D eigenvalue weighted by Gasteiger charge is -2.25. The second-order valence-corrected chi connectivity index (χ2v) is 5.79. The number of amides is 1. The first-order valence-electron chi connectivity index (χ1n) is 6.79. The average Bonchev–Trinajstić information content (AvgIpc) is 2.26. The van der Waals surface area contributed by atoms with Gasteiger partial charge in [0, 0.05) is 33.0 Å². The maximum absolute atomic E-state index is 13.5. The van der Waals surface area contributed by atoms with E-state index in [1.165, 1.54) is 4.90 Å². The van der Waals surface area contributed by atoms with Crippen LogP contribution in [0.4, 0.5) is 13.6 Å². The van der Waals surface area contributed by atoms with Crippen LogP contribution >= 0.6 is 0 Å². The van der Waals surface area contributed by atoms with Gasteiger partial charge in [-0.05, 0) is 34.2 Å². The van der Waals surface area contributed by atoms with Crippen LogP contribution in [0, 0.1) is 0 Å². The van der Waals surface area contributed by atoms with Crippen molar-refractivity contribution in [3.8, 4) is 0 Å². The normalized spacial score (nSPS) is 12.3. The van der Waals surface area contributed by atoms with E-state index in [0.717, 1.165) is 0 Å². The molecule has 0 saturated carbocycles. The van der Waals surface area contributed by atoms with Crippen molar-refractivity contribution in [2.24, 2.45) is 0 Å². The van der Waals surface area contributed by atoms with Crippen LogP contribution in [0.1, 0.15) is 40.0 Å². The van der Waals surface area contributed by atoms with E-state index in [-0.39, 0.29) is 32.4 Å². The van der Waals surface area contributed by atoms with Gasteiger partial charge in [0.25, 0.3) is 0 Å². The topological polar surface area (TPSA) is 53.6 Å². The fraction of sp³-hybridized carbons (Fsp3) is 0.923. The lowest BCUT2D eigenvalue weighted by Crippen LogP contribution is -2.35. The molecule has 120 valence electrons. The molecule has 0 spiro atoms. The van der Waals surface area contributed by atoms with Crippen molar-refractivity contribution >= 4 is 6.09 Å². The smallest absolute Gasteiger partial charge is 0.410 e. The number of ether oxygens (including phenoxy) is 1. The maximum Gasteiger partial charge on any atom is 0.410 e. The van der Waals surface area contributed by atoms with Gasteiger partial charge in [0.2, 0.25) is 5.92 Å². The zero-order valence-corrected chi connectivity index (χ0v) is 13.1. The van der Waals surface area contributed by atoms with Crippen molar-refractivity contribution in [1.29, 1.82) is 0 Å². The minimum absolute atomic E-state index is 0.200. The monoisotopic (exact) mass is 295 g/mol. The summed E-state index contributed by atoms with van der Waals surface area (Å²) >= 11 is 0.